The summed E-state index contributed by atoms with van der Waals surface area (Å²) in [5, 5.41) is 13.1. The summed E-state index contributed by atoms with van der Waals surface area (Å²) in [7, 11) is -2.87. The fraction of sp³-hybridized carbons (Fsp3) is 1.00. The minimum atomic E-state index is -2.87. The summed E-state index contributed by atoms with van der Waals surface area (Å²) in [4.78, 5) is 2.25. The molecular weight excluding hydrogens is 276 g/mol. The molecule has 3 unspecified atom stereocenters. The molecule has 0 aromatic heterocycles. The maximum Gasteiger partial charge on any atom is 0.153 e. The number of nitrogens with one attached hydrogen (secondary N) is 1. The molecule has 5 nitrogen and oxygen atoms in total. The van der Waals surface area contributed by atoms with E-state index < -0.39 is 9.84 Å². The molecule has 0 saturated carbocycles. The van der Waals surface area contributed by atoms with Crippen molar-refractivity contribution in [3.05, 3.63) is 0 Å². The predicted molar refractivity (Wildman–Crippen MR) is 82.7 cm³/mol. The fourth-order valence-electron chi connectivity index (χ4n) is 3.30. The molecule has 1 aliphatic rings. The van der Waals surface area contributed by atoms with Gasteiger partial charge in [-0.1, -0.05) is 13.8 Å². The van der Waals surface area contributed by atoms with Gasteiger partial charge >= 0.3 is 0 Å². The Hall–Kier alpha value is -0.170. The van der Waals surface area contributed by atoms with Gasteiger partial charge in [-0.15, -0.1) is 0 Å². The lowest BCUT2D eigenvalue weighted by molar-refractivity contribution is 0.0943. The van der Waals surface area contributed by atoms with Gasteiger partial charge in [-0.2, -0.15) is 0 Å². The fourth-order valence-corrected chi connectivity index (χ4v) is 4.88. The molecule has 1 fully saturated rings. The summed E-state index contributed by atoms with van der Waals surface area (Å²) in [5.41, 5.74) is -0.330. The van der Waals surface area contributed by atoms with Gasteiger partial charge in [0, 0.05) is 30.2 Å². The van der Waals surface area contributed by atoms with Gasteiger partial charge in [0.1, 0.15) is 0 Å². The highest BCUT2D eigenvalue weighted by molar-refractivity contribution is 7.91. The van der Waals surface area contributed by atoms with Crippen molar-refractivity contribution in [2.45, 2.75) is 64.7 Å². The van der Waals surface area contributed by atoms with Crippen LogP contribution >= 0.6 is 0 Å². The van der Waals surface area contributed by atoms with E-state index in [1.165, 1.54) is 0 Å². The minimum Gasteiger partial charge on any atom is -0.394 e. The van der Waals surface area contributed by atoms with E-state index in [4.69, 9.17) is 0 Å². The third-order valence-electron chi connectivity index (χ3n) is 4.02. The summed E-state index contributed by atoms with van der Waals surface area (Å²) in [6.45, 7) is 10.9. The summed E-state index contributed by atoms with van der Waals surface area (Å²) in [5.74, 6) is 0.486. The lowest BCUT2D eigenvalue weighted by Crippen LogP contribution is -2.56. The highest BCUT2D eigenvalue weighted by Crippen LogP contribution is 2.21. The molecule has 0 aliphatic carbocycles. The first-order chi connectivity index (χ1) is 9.08. The van der Waals surface area contributed by atoms with Crippen LogP contribution in [0.25, 0.3) is 0 Å². The van der Waals surface area contributed by atoms with Gasteiger partial charge in [0.2, 0.25) is 0 Å². The number of rotatable bonds is 6. The second-order valence-corrected chi connectivity index (χ2v) is 9.00. The second-order valence-electron chi connectivity index (χ2n) is 6.77. The molecule has 0 aromatic carbocycles. The van der Waals surface area contributed by atoms with Gasteiger partial charge < -0.3 is 10.4 Å². The molecule has 0 bridgehead atoms. The average Bonchev–Trinajstić information content (AvgIpc) is 2.26. The number of nitrogens with zero attached hydrogens (tertiary/aromatic N) is 1. The molecule has 6 heteroatoms. The van der Waals surface area contributed by atoms with Crippen molar-refractivity contribution in [3.63, 3.8) is 0 Å². The third-order valence-corrected chi connectivity index (χ3v) is 5.81. The van der Waals surface area contributed by atoms with Crippen molar-refractivity contribution in [1.29, 1.82) is 0 Å². The van der Waals surface area contributed by atoms with Crippen LogP contribution in [-0.2, 0) is 9.84 Å². The molecule has 1 aliphatic heterocycles. The summed E-state index contributed by atoms with van der Waals surface area (Å²) < 4.78 is 23.3. The van der Waals surface area contributed by atoms with E-state index in [1.54, 1.807) is 0 Å². The van der Waals surface area contributed by atoms with Gasteiger partial charge in [-0.05, 0) is 27.2 Å². The summed E-state index contributed by atoms with van der Waals surface area (Å²) in [6.07, 6.45) is 0.798. The van der Waals surface area contributed by atoms with Crippen LogP contribution < -0.4 is 5.32 Å². The van der Waals surface area contributed by atoms with E-state index in [-0.39, 0.29) is 35.7 Å². The SMILES string of the molecule is CC(C)NC(C)(CO)CC(C)N1CCS(=O)(=O)CC1C. The lowest BCUT2D eigenvalue weighted by atomic mass is 9.92. The molecule has 20 heavy (non-hydrogen) atoms. The quantitative estimate of drug-likeness (QED) is 0.753. The zero-order valence-electron chi connectivity index (χ0n) is 13.4. The maximum atomic E-state index is 11.6. The lowest BCUT2D eigenvalue weighted by Gasteiger charge is -2.42. The van der Waals surface area contributed by atoms with Gasteiger partial charge in [-0.25, -0.2) is 8.42 Å². The highest BCUT2D eigenvalue weighted by Gasteiger charge is 2.34. The smallest absolute Gasteiger partial charge is 0.153 e. The van der Waals surface area contributed by atoms with Crippen LogP contribution in [0.4, 0.5) is 0 Å². The number of aliphatic hydroxyl groups is 1. The van der Waals surface area contributed by atoms with Crippen LogP contribution in [0.5, 0.6) is 0 Å². The summed E-state index contributed by atoms with van der Waals surface area (Å²) >= 11 is 0. The Morgan fingerprint density at radius 1 is 1.40 bits per heavy atom. The Bertz CT molecular complexity index is 411. The van der Waals surface area contributed by atoms with Crippen molar-refractivity contribution < 1.29 is 13.5 Å². The first-order valence-electron chi connectivity index (χ1n) is 7.43. The third kappa shape index (κ3) is 4.98. The molecule has 0 amide bonds. The molecule has 0 radical (unpaired) electrons. The van der Waals surface area contributed by atoms with E-state index in [1.807, 2.05) is 13.8 Å². The molecule has 0 spiro atoms. The maximum absolute atomic E-state index is 11.6. The standard InChI is InChI=1S/C14H30N2O3S/c1-11(2)15-14(5,10-17)8-12(3)16-6-7-20(18,19)9-13(16)4/h11-13,15,17H,6-10H2,1-5H3. The summed E-state index contributed by atoms with van der Waals surface area (Å²) in [6, 6.07) is 0.591. The van der Waals surface area contributed by atoms with E-state index in [2.05, 4.69) is 31.0 Å². The topological polar surface area (TPSA) is 69.6 Å². The monoisotopic (exact) mass is 306 g/mol. The Morgan fingerprint density at radius 3 is 2.45 bits per heavy atom. The Labute approximate surface area is 123 Å². The van der Waals surface area contributed by atoms with E-state index in [0.717, 1.165) is 6.42 Å². The highest BCUT2D eigenvalue weighted by atomic mass is 32.2. The minimum absolute atomic E-state index is 0.0470. The normalized spacial score (nSPS) is 28.2. The number of hydrogen-bond acceptors (Lipinski definition) is 5. The molecular formula is C14H30N2O3S. The second kappa shape index (κ2) is 6.73. The van der Waals surface area contributed by atoms with Gasteiger partial charge in [0.05, 0.1) is 18.1 Å². The van der Waals surface area contributed by atoms with E-state index in [0.29, 0.717) is 12.6 Å². The predicted octanol–water partition coefficient (Wildman–Crippen LogP) is 0.633. The van der Waals surface area contributed by atoms with Crippen LogP contribution in [0, 0.1) is 0 Å². The number of aliphatic hydroxyl groups excluding tert-OH is 1. The van der Waals surface area contributed by atoms with Crippen LogP contribution in [0.2, 0.25) is 0 Å². The first-order valence-corrected chi connectivity index (χ1v) is 9.25. The van der Waals surface area contributed by atoms with Crippen molar-refractivity contribution >= 4 is 9.84 Å². The van der Waals surface area contributed by atoms with Crippen molar-refractivity contribution in [2.75, 3.05) is 24.7 Å². The van der Waals surface area contributed by atoms with E-state index >= 15 is 0 Å². The number of sulfone groups is 1. The molecule has 0 aromatic rings. The Morgan fingerprint density at radius 2 is 2.00 bits per heavy atom. The van der Waals surface area contributed by atoms with Crippen molar-refractivity contribution in [3.8, 4) is 0 Å². The van der Waals surface area contributed by atoms with Crippen molar-refractivity contribution in [2.24, 2.45) is 0 Å². The van der Waals surface area contributed by atoms with Crippen molar-refractivity contribution in [1.82, 2.24) is 10.2 Å². The average molecular weight is 306 g/mol. The molecule has 1 rings (SSSR count). The first kappa shape index (κ1) is 17.9. The molecule has 1 saturated heterocycles. The van der Waals surface area contributed by atoms with Crippen LogP contribution in [0.1, 0.15) is 41.0 Å². The Balaban J connectivity index is 2.68. The van der Waals surface area contributed by atoms with Gasteiger partial charge in [0.25, 0.3) is 0 Å². The number of hydrogen-bond donors (Lipinski definition) is 2. The molecule has 1 heterocycles. The molecule has 120 valence electrons. The van der Waals surface area contributed by atoms with Crippen LogP contribution in [-0.4, -0.2) is 66.7 Å². The Kier molecular flexibility index (Phi) is 6.01. The van der Waals surface area contributed by atoms with Gasteiger partial charge in [0.15, 0.2) is 9.84 Å². The molecule has 2 N–H and O–H groups in total. The zero-order chi connectivity index (χ0) is 15.6. The van der Waals surface area contributed by atoms with Gasteiger partial charge in [-0.3, -0.25) is 4.90 Å². The zero-order valence-corrected chi connectivity index (χ0v) is 14.2. The van der Waals surface area contributed by atoms with Crippen LogP contribution in [0.15, 0.2) is 0 Å². The van der Waals surface area contributed by atoms with Crippen LogP contribution in [0.3, 0.4) is 0 Å². The molecule has 3 atom stereocenters. The van der Waals surface area contributed by atoms with E-state index in [9.17, 15) is 13.5 Å². The largest absolute Gasteiger partial charge is 0.394 e.